The molecule has 3 heteroatoms. The van der Waals surface area contributed by atoms with E-state index in [0.717, 1.165) is 39.5 Å². The molecule has 1 atom stereocenters. The number of fused-ring (bicyclic) bond motifs is 10. The van der Waals surface area contributed by atoms with Gasteiger partial charge in [-0.3, -0.25) is 0 Å². The molecule has 8 aromatic carbocycles. The third-order valence-electron chi connectivity index (χ3n) is 11.8. The van der Waals surface area contributed by atoms with Gasteiger partial charge in [-0.25, -0.2) is 0 Å². The molecule has 0 bridgehead atoms. The van der Waals surface area contributed by atoms with Gasteiger partial charge in [0.15, 0.2) is 0 Å². The molecule has 3 heterocycles. The number of para-hydroxylation sites is 4. The van der Waals surface area contributed by atoms with E-state index in [2.05, 4.69) is 191 Å². The lowest BCUT2D eigenvalue weighted by Crippen LogP contribution is -2.31. The van der Waals surface area contributed by atoms with Gasteiger partial charge in [-0.15, -0.1) is 0 Å². The van der Waals surface area contributed by atoms with Crippen LogP contribution in [0.25, 0.3) is 100 Å². The molecule has 0 saturated heterocycles. The van der Waals surface area contributed by atoms with Crippen LogP contribution in [-0.2, 0) is 0 Å². The second-order valence-electron chi connectivity index (χ2n) is 14.8. The van der Waals surface area contributed by atoms with Crippen LogP contribution in [-0.4, -0.2) is 9.13 Å². The first-order valence-corrected chi connectivity index (χ1v) is 19.1. The van der Waals surface area contributed by atoms with Crippen molar-refractivity contribution < 1.29 is 4.42 Å². The summed E-state index contributed by atoms with van der Waals surface area (Å²) in [5.74, 6) is 0.246. The molecule has 55 heavy (non-hydrogen) atoms. The maximum absolute atomic E-state index is 6.53. The van der Waals surface area contributed by atoms with Gasteiger partial charge < -0.3 is 13.6 Å². The van der Waals surface area contributed by atoms with Gasteiger partial charge in [0.25, 0.3) is 0 Å². The van der Waals surface area contributed by atoms with Crippen LogP contribution in [0.2, 0.25) is 0 Å². The van der Waals surface area contributed by atoms with Crippen LogP contribution in [0.15, 0.2) is 180 Å². The lowest BCUT2D eigenvalue weighted by molar-refractivity contribution is 0.670. The van der Waals surface area contributed by atoms with Gasteiger partial charge in [0.05, 0.1) is 22.2 Å². The summed E-state index contributed by atoms with van der Waals surface area (Å²) in [5.41, 5.74) is 11.4. The molecule has 0 spiro atoms. The number of furan rings is 1. The Labute approximate surface area is 316 Å². The van der Waals surface area contributed by atoms with Crippen molar-refractivity contribution in [1.82, 2.24) is 9.13 Å². The fourth-order valence-electron chi connectivity index (χ4n) is 9.33. The summed E-state index contributed by atoms with van der Waals surface area (Å²) in [5, 5.41) is 11.1. The Kier molecular flexibility index (Phi) is 6.46. The highest BCUT2D eigenvalue weighted by Gasteiger charge is 2.21. The summed E-state index contributed by atoms with van der Waals surface area (Å²) >= 11 is 0. The minimum absolute atomic E-state index is 0.246. The third-order valence-corrected chi connectivity index (χ3v) is 11.8. The molecule has 1 aliphatic rings. The first kappa shape index (κ1) is 30.4. The highest BCUT2D eigenvalue weighted by Crippen LogP contribution is 2.41. The van der Waals surface area contributed by atoms with Crippen LogP contribution in [0.5, 0.6) is 0 Å². The number of rotatable bonds is 4. The highest BCUT2D eigenvalue weighted by molar-refractivity contribution is 6.14. The molecular formula is C52H34N2O. The van der Waals surface area contributed by atoms with Crippen molar-refractivity contribution in [3.63, 3.8) is 0 Å². The van der Waals surface area contributed by atoms with Crippen molar-refractivity contribution in [3.8, 4) is 22.5 Å². The van der Waals surface area contributed by atoms with Crippen molar-refractivity contribution in [2.24, 2.45) is 0 Å². The van der Waals surface area contributed by atoms with Crippen molar-refractivity contribution in [1.29, 1.82) is 0 Å². The summed E-state index contributed by atoms with van der Waals surface area (Å²) in [6, 6.07) is 63.9. The van der Waals surface area contributed by atoms with Gasteiger partial charge in [0.1, 0.15) is 11.2 Å². The molecule has 0 N–H and O–H groups in total. The fourth-order valence-corrected chi connectivity index (χ4v) is 9.33. The van der Waals surface area contributed by atoms with Crippen LogP contribution >= 0.6 is 0 Å². The number of aromatic nitrogens is 2. The Morgan fingerprint density at radius 3 is 2.09 bits per heavy atom. The van der Waals surface area contributed by atoms with E-state index in [-0.39, 0.29) is 5.92 Å². The maximum atomic E-state index is 6.53. The average molecular weight is 703 g/mol. The van der Waals surface area contributed by atoms with Crippen molar-refractivity contribution in [2.75, 3.05) is 0 Å². The molecule has 11 aromatic rings. The molecular weight excluding hydrogens is 669 g/mol. The first-order chi connectivity index (χ1) is 27.3. The van der Waals surface area contributed by atoms with Crippen LogP contribution in [0.1, 0.15) is 17.9 Å². The Balaban J connectivity index is 1.09. The molecule has 0 aliphatic heterocycles. The smallest absolute Gasteiger partial charge is 0.143 e. The van der Waals surface area contributed by atoms with Gasteiger partial charge in [-0.2, -0.15) is 0 Å². The average Bonchev–Trinajstić information content (AvgIpc) is 3.91. The zero-order valence-electron chi connectivity index (χ0n) is 30.0. The standard InChI is InChI=1S/C52H34N2O/c1-2-14-37(15-3-1)53-47-21-8-6-17-40(47)43-30-34(24-27-48(43)53)35-25-28-49-44(31-35)45-32-36(39-19-11-20-42-41-18-7-9-23-51(41)55-52(39)42)26-29-50(45)54(49)46-22-10-13-33-12-4-5-16-38(33)46/h1-23,25-32,34H,24H2. The maximum Gasteiger partial charge on any atom is 0.143 e. The Morgan fingerprint density at radius 2 is 1.18 bits per heavy atom. The van der Waals surface area contributed by atoms with Gasteiger partial charge in [0, 0.05) is 60.1 Å². The predicted molar refractivity (Wildman–Crippen MR) is 230 cm³/mol. The summed E-state index contributed by atoms with van der Waals surface area (Å²) < 4.78 is 11.4. The van der Waals surface area contributed by atoms with E-state index in [1.54, 1.807) is 0 Å². The molecule has 3 aromatic heterocycles. The van der Waals surface area contributed by atoms with Crippen molar-refractivity contribution >= 4 is 77.6 Å². The quantitative estimate of drug-likeness (QED) is 0.179. The second kappa shape index (κ2) is 11.7. The van der Waals surface area contributed by atoms with Crippen LogP contribution < -0.4 is 10.6 Å². The number of hydrogen-bond donors (Lipinski definition) is 0. The Hall–Kier alpha value is -7.10. The largest absolute Gasteiger partial charge is 0.455 e. The van der Waals surface area contributed by atoms with Gasteiger partial charge >= 0.3 is 0 Å². The molecule has 1 unspecified atom stereocenters. The van der Waals surface area contributed by atoms with Crippen LogP contribution in [0.3, 0.4) is 0 Å². The molecule has 258 valence electrons. The second-order valence-corrected chi connectivity index (χ2v) is 14.8. The zero-order valence-corrected chi connectivity index (χ0v) is 30.0. The van der Waals surface area contributed by atoms with E-state index in [4.69, 9.17) is 4.42 Å². The summed E-state index contributed by atoms with van der Waals surface area (Å²) in [6.07, 6.45) is 5.89. The minimum atomic E-state index is 0.246. The SMILES string of the molecule is C1=c2c(n(-c3ccccc3)c3ccccc23)=CCC1c1ccc2c(c1)c1cc(-c3cccc4c3oc3ccccc34)ccc1n2-c1cccc2ccccc12. The Bertz CT molecular complexity index is 3460. The fraction of sp³-hybridized carbons (Fsp3) is 0.0385. The van der Waals surface area contributed by atoms with E-state index in [1.807, 2.05) is 6.07 Å². The van der Waals surface area contributed by atoms with Gasteiger partial charge in [-0.05, 0) is 77.5 Å². The molecule has 0 radical (unpaired) electrons. The minimum Gasteiger partial charge on any atom is -0.455 e. The topological polar surface area (TPSA) is 23.0 Å². The molecule has 0 amide bonds. The number of hydrogen-bond acceptors (Lipinski definition) is 1. The van der Waals surface area contributed by atoms with E-state index in [1.165, 1.54) is 71.0 Å². The van der Waals surface area contributed by atoms with E-state index < -0.39 is 0 Å². The van der Waals surface area contributed by atoms with Gasteiger partial charge in [-0.1, -0.05) is 133 Å². The molecule has 3 nitrogen and oxygen atoms in total. The number of nitrogens with zero attached hydrogens (tertiary/aromatic N) is 2. The monoisotopic (exact) mass is 702 g/mol. The number of benzene rings is 8. The highest BCUT2D eigenvalue weighted by atomic mass is 16.3. The lowest BCUT2D eigenvalue weighted by Gasteiger charge is -2.16. The van der Waals surface area contributed by atoms with Crippen LogP contribution in [0.4, 0.5) is 0 Å². The van der Waals surface area contributed by atoms with Gasteiger partial charge in [0.2, 0.25) is 0 Å². The molecule has 0 fully saturated rings. The summed E-state index contributed by atoms with van der Waals surface area (Å²) in [6.45, 7) is 0. The van der Waals surface area contributed by atoms with E-state index >= 15 is 0 Å². The Morgan fingerprint density at radius 1 is 0.491 bits per heavy atom. The summed E-state index contributed by atoms with van der Waals surface area (Å²) in [4.78, 5) is 0. The first-order valence-electron chi connectivity index (χ1n) is 19.1. The van der Waals surface area contributed by atoms with Crippen LogP contribution in [0, 0.1) is 0 Å². The van der Waals surface area contributed by atoms with E-state index in [0.29, 0.717) is 0 Å². The van der Waals surface area contributed by atoms with E-state index in [9.17, 15) is 0 Å². The zero-order chi connectivity index (χ0) is 36.0. The van der Waals surface area contributed by atoms with Crippen molar-refractivity contribution in [3.05, 3.63) is 192 Å². The molecule has 1 aliphatic carbocycles. The molecule has 0 saturated carbocycles. The summed E-state index contributed by atoms with van der Waals surface area (Å²) in [7, 11) is 0. The normalized spacial score (nSPS) is 14.2. The molecule has 12 rings (SSSR count). The third kappa shape index (κ3) is 4.50. The predicted octanol–water partition coefficient (Wildman–Crippen LogP) is 12.2. The lowest BCUT2D eigenvalue weighted by atomic mass is 9.90. The van der Waals surface area contributed by atoms with Crippen molar-refractivity contribution in [2.45, 2.75) is 12.3 Å².